The first kappa shape index (κ1) is 33.0. The van der Waals surface area contributed by atoms with Crippen molar-refractivity contribution in [1.82, 2.24) is 0 Å². The third-order valence-electron chi connectivity index (χ3n) is 10.3. The molecule has 3 aromatic carbocycles. The van der Waals surface area contributed by atoms with E-state index in [4.69, 9.17) is 18.9 Å². The monoisotopic (exact) mass is 624 g/mol. The molecule has 0 aliphatic heterocycles. The van der Waals surface area contributed by atoms with Gasteiger partial charge in [-0.2, -0.15) is 0 Å². The summed E-state index contributed by atoms with van der Waals surface area (Å²) in [6.07, 6.45) is 8.00. The van der Waals surface area contributed by atoms with E-state index in [0.717, 1.165) is 49.7 Å². The molecule has 0 spiro atoms. The second-order valence-electron chi connectivity index (χ2n) is 13.2. The predicted octanol–water partition coefficient (Wildman–Crippen LogP) is 8.61. The summed E-state index contributed by atoms with van der Waals surface area (Å²) in [6, 6.07) is 21.6. The Morgan fingerprint density at radius 2 is 1.33 bits per heavy atom. The van der Waals surface area contributed by atoms with Crippen molar-refractivity contribution in [2.45, 2.75) is 71.8 Å². The highest BCUT2D eigenvalue weighted by molar-refractivity contribution is 5.91. The van der Waals surface area contributed by atoms with Gasteiger partial charge in [-0.15, -0.1) is 0 Å². The molecule has 0 radical (unpaired) electrons. The zero-order valence-corrected chi connectivity index (χ0v) is 27.1. The summed E-state index contributed by atoms with van der Waals surface area (Å²) >= 11 is 0. The van der Waals surface area contributed by atoms with Gasteiger partial charge in [0.2, 0.25) is 0 Å². The lowest BCUT2D eigenvalue weighted by atomic mass is 9.70. The highest BCUT2D eigenvalue weighted by Gasteiger charge is 2.62. The van der Waals surface area contributed by atoms with E-state index in [0.29, 0.717) is 41.8 Å². The van der Waals surface area contributed by atoms with Crippen LogP contribution in [0.25, 0.3) is 11.1 Å². The van der Waals surface area contributed by atoms with Gasteiger partial charge in [0.25, 0.3) is 0 Å². The summed E-state index contributed by atoms with van der Waals surface area (Å²) in [4.78, 5) is 36.7. The normalized spacial score (nSPS) is 20.9. The SMILES string of the molecule is C=CC(=O)OCCCCCCOc1ccc(C(=O)Oc2ccc(-c3ccc(C(=O)OC4CC5CCC4(C)C5(C)C)cc3)cc2)cc1. The van der Waals surface area contributed by atoms with Gasteiger partial charge in [0.05, 0.1) is 24.3 Å². The van der Waals surface area contributed by atoms with Crippen LogP contribution in [0.2, 0.25) is 0 Å². The van der Waals surface area contributed by atoms with E-state index in [1.807, 2.05) is 36.4 Å². The first-order valence-electron chi connectivity index (χ1n) is 16.3. The Labute approximate surface area is 271 Å². The number of esters is 3. The third-order valence-corrected chi connectivity index (χ3v) is 10.3. The van der Waals surface area contributed by atoms with Gasteiger partial charge in [-0.1, -0.05) is 51.6 Å². The maximum Gasteiger partial charge on any atom is 0.343 e. The molecule has 3 aromatic rings. The lowest BCUT2D eigenvalue weighted by Crippen LogP contribution is -2.38. The molecule has 2 aliphatic carbocycles. The Kier molecular flexibility index (Phi) is 10.3. The molecule has 2 bridgehead atoms. The molecule has 7 heteroatoms. The van der Waals surface area contributed by atoms with Gasteiger partial charge in [0.15, 0.2) is 0 Å². The summed E-state index contributed by atoms with van der Waals surface area (Å²) in [5, 5.41) is 0. The minimum Gasteiger partial charge on any atom is -0.494 e. The fourth-order valence-corrected chi connectivity index (χ4v) is 6.85. The molecule has 3 unspecified atom stereocenters. The van der Waals surface area contributed by atoms with Gasteiger partial charge >= 0.3 is 17.9 Å². The quantitative estimate of drug-likeness (QED) is 0.0768. The lowest BCUT2D eigenvalue weighted by molar-refractivity contribution is -0.137. The van der Waals surface area contributed by atoms with Crippen molar-refractivity contribution < 1.29 is 33.3 Å². The smallest absolute Gasteiger partial charge is 0.343 e. The van der Waals surface area contributed by atoms with Crippen LogP contribution in [-0.2, 0) is 14.3 Å². The van der Waals surface area contributed by atoms with Crippen LogP contribution in [0.4, 0.5) is 0 Å². The fraction of sp³-hybridized carbons (Fsp3) is 0.410. The Bertz CT molecular complexity index is 1520. The fourth-order valence-electron chi connectivity index (χ4n) is 6.85. The Morgan fingerprint density at radius 1 is 0.761 bits per heavy atom. The Hall–Kier alpha value is -4.39. The zero-order chi connectivity index (χ0) is 32.7. The number of unbranched alkanes of at least 4 members (excludes halogenated alkanes) is 3. The van der Waals surface area contributed by atoms with Crippen LogP contribution >= 0.6 is 0 Å². The lowest BCUT2D eigenvalue weighted by Gasteiger charge is -2.38. The summed E-state index contributed by atoms with van der Waals surface area (Å²) < 4.78 is 22.4. The van der Waals surface area contributed by atoms with E-state index in [-0.39, 0.29) is 22.9 Å². The van der Waals surface area contributed by atoms with Gasteiger partial charge in [-0.3, -0.25) is 0 Å². The summed E-state index contributed by atoms with van der Waals surface area (Å²) in [7, 11) is 0. The van der Waals surface area contributed by atoms with Crippen LogP contribution in [0.1, 0.15) is 86.4 Å². The van der Waals surface area contributed by atoms with Crippen molar-refractivity contribution in [2.75, 3.05) is 13.2 Å². The molecule has 7 nitrogen and oxygen atoms in total. The minimum atomic E-state index is -0.452. The molecule has 2 aliphatic rings. The van der Waals surface area contributed by atoms with Crippen LogP contribution in [0, 0.1) is 16.7 Å². The highest BCUT2D eigenvalue weighted by atomic mass is 16.5. The molecule has 5 rings (SSSR count). The van der Waals surface area contributed by atoms with Crippen LogP contribution in [-0.4, -0.2) is 37.2 Å². The number of hydrogen-bond acceptors (Lipinski definition) is 7. The van der Waals surface area contributed by atoms with E-state index in [1.165, 1.54) is 12.5 Å². The number of rotatable bonds is 14. The van der Waals surface area contributed by atoms with Gasteiger partial charge in [0, 0.05) is 11.5 Å². The van der Waals surface area contributed by atoms with Crippen LogP contribution in [0.3, 0.4) is 0 Å². The van der Waals surface area contributed by atoms with E-state index >= 15 is 0 Å². The molecule has 242 valence electrons. The highest BCUT2D eigenvalue weighted by Crippen LogP contribution is 2.66. The molecular weight excluding hydrogens is 580 g/mol. The van der Waals surface area contributed by atoms with Crippen molar-refractivity contribution in [3.63, 3.8) is 0 Å². The van der Waals surface area contributed by atoms with Crippen molar-refractivity contribution in [3.8, 4) is 22.6 Å². The average molecular weight is 625 g/mol. The summed E-state index contributed by atoms with van der Waals surface area (Å²) in [5.74, 6) is 0.630. The molecule has 0 aromatic heterocycles. The summed E-state index contributed by atoms with van der Waals surface area (Å²) in [5.41, 5.74) is 3.10. The van der Waals surface area contributed by atoms with Crippen molar-refractivity contribution in [2.24, 2.45) is 16.7 Å². The Morgan fingerprint density at radius 3 is 1.91 bits per heavy atom. The number of hydrogen-bond donors (Lipinski definition) is 0. The molecular formula is C39H44O7. The van der Waals surface area contributed by atoms with E-state index < -0.39 is 11.9 Å². The van der Waals surface area contributed by atoms with Crippen molar-refractivity contribution in [3.05, 3.63) is 96.6 Å². The topological polar surface area (TPSA) is 88.1 Å². The second kappa shape index (κ2) is 14.4. The van der Waals surface area contributed by atoms with Crippen molar-refractivity contribution in [1.29, 1.82) is 0 Å². The predicted molar refractivity (Wildman–Crippen MR) is 177 cm³/mol. The molecule has 2 fully saturated rings. The molecule has 46 heavy (non-hydrogen) atoms. The Balaban J connectivity index is 1.05. The first-order chi connectivity index (χ1) is 22.1. The maximum absolute atomic E-state index is 13.0. The van der Waals surface area contributed by atoms with Gasteiger partial charge in [-0.05, 0) is 116 Å². The molecule has 0 N–H and O–H groups in total. The molecule has 0 saturated heterocycles. The number of fused-ring (bicyclic) bond motifs is 2. The zero-order valence-electron chi connectivity index (χ0n) is 27.1. The molecule has 0 heterocycles. The first-order valence-corrected chi connectivity index (χ1v) is 16.3. The third kappa shape index (κ3) is 7.35. The van der Waals surface area contributed by atoms with Crippen LogP contribution in [0.15, 0.2) is 85.5 Å². The average Bonchev–Trinajstić information content (AvgIpc) is 3.40. The van der Waals surface area contributed by atoms with Crippen LogP contribution < -0.4 is 9.47 Å². The van der Waals surface area contributed by atoms with E-state index in [2.05, 4.69) is 27.4 Å². The molecule has 3 atom stereocenters. The van der Waals surface area contributed by atoms with E-state index in [9.17, 15) is 14.4 Å². The number of carbonyl (C=O) groups excluding carboxylic acids is 3. The maximum atomic E-state index is 13.0. The number of ether oxygens (including phenoxy) is 4. The number of benzene rings is 3. The second-order valence-corrected chi connectivity index (χ2v) is 13.2. The van der Waals surface area contributed by atoms with Crippen LogP contribution in [0.5, 0.6) is 11.5 Å². The summed E-state index contributed by atoms with van der Waals surface area (Å²) in [6.45, 7) is 11.2. The largest absolute Gasteiger partial charge is 0.494 e. The van der Waals surface area contributed by atoms with Gasteiger partial charge in [-0.25, -0.2) is 14.4 Å². The standard InChI is InChI=1S/C39H44O7/c1-5-35(40)44-25-9-7-6-8-24-43-32-18-16-30(17-19-32)36(41)45-33-20-14-28(15-21-33)27-10-12-29(13-11-27)37(42)46-34-26-31-22-23-39(34,4)38(31,2)3/h5,10-21,31,34H,1,6-9,22-26H2,2-4H3. The van der Waals surface area contributed by atoms with Gasteiger partial charge in [0.1, 0.15) is 17.6 Å². The van der Waals surface area contributed by atoms with Crippen molar-refractivity contribution >= 4 is 17.9 Å². The minimum absolute atomic E-state index is 0.0321. The number of carbonyl (C=O) groups is 3. The van der Waals surface area contributed by atoms with Gasteiger partial charge < -0.3 is 18.9 Å². The van der Waals surface area contributed by atoms with E-state index in [1.54, 1.807) is 36.4 Å². The molecule has 2 saturated carbocycles. The molecule has 0 amide bonds.